The van der Waals surface area contributed by atoms with Gasteiger partial charge in [-0.2, -0.15) is 9.57 Å². The second-order valence-corrected chi connectivity index (χ2v) is 9.69. The lowest BCUT2D eigenvalue weighted by atomic mass is 10.1. The summed E-state index contributed by atoms with van der Waals surface area (Å²) in [5.41, 5.74) is 1.04. The molecule has 0 saturated carbocycles. The highest BCUT2D eigenvalue weighted by Gasteiger charge is 2.37. The fourth-order valence-corrected chi connectivity index (χ4v) is 5.70. The predicted octanol–water partition coefficient (Wildman–Crippen LogP) is 3.65. The van der Waals surface area contributed by atoms with Crippen molar-refractivity contribution in [1.29, 1.82) is 5.26 Å². The number of benzene rings is 2. The molecule has 0 unspecified atom stereocenters. The second kappa shape index (κ2) is 8.69. The smallest absolute Gasteiger partial charge is 0.247 e. The summed E-state index contributed by atoms with van der Waals surface area (Å²) in [6, 6.07) is 9.07. The van der Waals surface area contributed by atoms with Gasteiger partial charge in [0.15, 0.2) is 6.19 Å². The van der Waals surface area contributed by atoms with Gasteiger partial charge < -0.3 is 9.64 Å². The van der Waals surface area contributed by atoms with Crippen molar-refractivity contribution in [2.75, 3.05) is 20.2 Å². The van der Waals surface area contributed by atoms with E-state index in [0.717, 1.165) is 0 Å². The van der Waals surface area contributed by atoms with Gasteiger partial charge in [-0.1, -0.05) is 28.1 Å². The van der Waals surface area contributed by atoms with E-state index in [1.807, 2.05) is 0 Å². The van der Waals surface area contributed by atoms with Crippen LogP contribution in [0.2, 0.25) is 0 Å². The average Bonchev–Trinajstić information content (AvgIpc) is 3.17. The lowest BCUT2D eigenvalue weighted by Crippen LogP contribution is -2.41. The number of hydrogen-bond acceptors (Lipinski definition) is 5. The minimum absolute atomic E-state index is 0.000857. The summed E-state index contributed by atoms with van der Waals surface area (Å²) in [6.45, 7) is 2.42. The molecular formula is C20H21BrFN3O3S. The molecular weight excluding hydrogens is 461 g/mol. The monoisotopic (exact) mass is 481 g/mol. The maximum Gasteiger partial charge on any atom is 0.247 e. The lowest BCUT2D eigenvalue weighted by Gasteiger charge is -2.28. The first-order valence-electron chi connectivity index (χ1n) is 9.01. The van der Waals surface area contributed by atoms with E-state index in [0.29, 0.717) is 35.1 Å². The topological polar surface area (TPSA) is 73.6 Å². The summed E-state index contributed by atoms with van der Waals surface area (Å²) >= 11 is 3.32. The molecule has 1 saturated heterocycles. The molecule has 2 aromatic carbocycles. The number of aryl methyl sites for hydroxylation is 1. The van der Waals surface area contributed by atoms with Gasteiger partial charge >= 0.3 is 0 Å². The maximum atomic E-state index is 14.1. The van der Waals surface area contributed by atoms with E-state index < -0.39 is 16.1 Å². The first kappa shape index (κ1) is 21.6. The zero-order valence-electron chi connectivity index (χ0n) is 16.1. The molecule has 1 aliphatic heterocycles. The highest BCUT2D eigenvalue weighted by Crippen LogP contribution is 2.33. The number of nitrogens with zero attached hydrogens (tertiary/aromatic N) is 3. The molecule has 0 bridgehead atoms. The number of nitriles is 1. The van der Waals surface area contributed by atoms with Crippen LogP contribution in [0.25, 0.3) is 0 Å². The molecule has 0 radical (unpaired) electrons. The van der Waals surface area contributed by atoms with Crippen molar-refractivity contribution in [3.8, 4) is 11.9 Å². The molecule has 3 rings (SSSR count). The van der Waals surface area contributed by atoms with Crippen molar-refractivity contribution in [3.05, 3.63) is 57.8 Å². The van der Waals surface area contributed by atoms with Gasteiger partial charge in [-0.3, -0.25) is 0 Å². The second-order valence-electron chi connectivity index (χ2n) is 6.92. The minimum Gasteiger partial charge on any atom is -0.495 e. The Morgan fingerprint density at radius 2 is 2.10 bits per heavy atom. The Labute approximate surface area is 178 Å². The Kier molecular flexibility index (Phi) is 6.46. The Balaban J connectivity index is 2.05. The molecule has 0 N–H and O–H groups in total. The lowest BCUT2D eigenvalue weighted by molar-refractivity contribution is 0.311. The van der Waals surface area contributed by atoms with Crippen LogP contribution in [0.3, 0.4) is 0 Å². The van der Waals surface area contributed by atoms with Crippen molar-refractivity contribution < 1.29 is 17.5 Å². The fourth-order valence-electron chi connectivity index (χ4n) is 3.37. The predicted molar refractivity (Wildman–Crippen MR) is 110 cm³/mol. The van der Waals surface area contributed by atoms with Crippen molar-refractivity contribution in [2.45, 2.75) is 30.8 Å². The number of methoxy groups -OCH3 is 1. The summed E-state index contributed by atoms with van der Waals surface area (Å²) in [5.74, 6) is -0.159. The highest BCUT2D eigenvalue weighted by molar-refractivity contribution is 9.10. The minimum atomic E-state index is -3.98. The number of sulfonamides is 1. The fraction of sp³-hybridized carbons (Fsp3) is 0.350. The molecule has 29 heavy (non-hydrogen) atoms. The molecule has 1 heterocycles. The van der Waals surface area contributed by atoms with E-state index in [4.69, 9.17) is 4.74 Å². The van der Waals surface area contributed by atoms with Crippen LogP contribution < -0.4 is 4.74 Å². The van der Waals surface area contributed by atoms with E-state index in [9.17, 15) is 18.1 Å². The van der Waals surface area contributed by atoms with E-state index >= 15 is 0 Å². The third-order valence-electron chi connectivity index (χ3n) is 5.00. The molecule has 6 nitrogen and oxygen atoms in total. The number of likely N-dealkylation sites (tertiary alicyclic amines) is 1. The highest BCUT2D eigenvalue weighted by atomic mass is 79.9. The van der Waals surface area contributed by atoms with Crippen LogP contribution in [0.4, 0.5) is 4.39 Å². The van der Waals surface area contributed by atoms with Crippen LogP contribution in [-0.2, 0) is 16.6 Å². The average molecular weight is 482 g/mol. The van der Waals surface area contributed by atoms with Gasteiger partial charge in [-0.25, -0.2) is 12.8 Å². The van der Waals surface area contributed by atoms with Crippen LogP contribution in [-0.4, -0.2) is 43.9 Å². The van der Waals surface area contributed by atoms with Gasteiger partial charge in [-0.15, -0.1) is 0 Å². The van der Waals surface area contributed by atoms with Crippen molar-refractivity contribution >= 4 is 26.0 Å². The Morgan fingerprint density at radius 1 is 1.34 bits per heavy atom. The van der Waals surface area contributed by atoms with E-state index in [1.54, 1.807) is 31.2 Å². The molecule has 9 heteroatoms. The van der Waals surface area contributed by atoms with Gasteiger partial charge in [0.05, 0.1) is 7.11 Å². The van der Waals surface area contributed by atoms with Crippen molar-refractivity contribution in [2.24, 2.45) is 0 Å². The van der Waals surface area contributed by atoms with Gasteiger partial charge in [0, 0.05) is 30.1 Å². The molecule has 1 aliphatic rings. The largest absolute Gasteiger partial charge is 0.495 e. The Morgan fingerprint density at radius 3 is 2.72 bits per heavy atom. The molecule has 2 aromatic rings. The van der Waals surface area contributed by atoms with Crippen molar-refractivity contribution in [1.82, 2.24) is 9.21 Å². The summed E-state index contributed by atoms with van der Waals surface area (Å²) in [4.78, 5) is 1.55. The zero-order chi connectivity index (χ0) is 21.2. The summed E-state index contributed by atoms with van der Waals surface area (Å²) < 4.78 is 48.6. The maximum absolute atomic E-state index is 14.1. The van der Waals surface area contributed by atoms with E-state index in [-0.39, 0.29) is 23.0 Å². The van der Waals surface area contributed by atoms with Crippen LogP contribution in [0.15, 0.2) is 45.8 Å². The number of halogens is 2. The molecule has 154 valence electrons. The van der Waals surface area contributed by atoms with Crippen LogP contribution in [0, 0.1) is 24.2 Å². The standard InChI is InChI=1S/C20H21BrFN3O3S/c1-14-3-4-15(9-18(14)22)11-25(17-7-8-24(12-17)13-23)29(26,27)20-10-16(21)5-6-19(20)28-2/h3-6,9-10,17H,7-8,11-12H2,1-2H3/t17-/m1/s1. The van der Waals surface area contributed by atoms with Crippen LogP contribution >= 0.6 is 15.9 Å². The normalized spacial score (nSPS) is 16.8. The first-order valence-corrected chi connectivity index (χ1v) is 11.2. The van der Waals surface area contributed by atoms with Crippen LogP contribution in [0.1, 0.15) is 17.5 Å². The van der Waals surface area contributed by atoms with Gasteiger partial charge in [0.1, 0.15) is 16.5 Å². The molecule has 0 aliphatic carbocycles. The summed E-state index contributed by atoms with van der Waals surface area (Å²) in [7, 11) is -2.57. The van der Waals surface area contributed by atoms with E-state index in [2.05, 4.69) is 22.1 Å². The van der Waals surface area contributed by atoms with E-state index in [1.165, 1.54) is 28.4 Å². The third kappa shape index (κ3) is 4.55. The van der Waals surface area contributed by atoms with Gasteiger partial charge in [-0.05, 0) is 48.7 Å². The molecule has 0 amide bonds. The number of rotatable bonds is 6. The van der Waals surface area contributed by atoms with Gasteiger partial charge in [0.25, 0.3) is 0 Å². The molecule has 1 atom stereocenters. The third-order valence-corrected chi connectivity index (χ3v) is 7.41. The zero-order valence-corrected chi connectivity index (χ0v) is 18.5. The molecule has 0 aromatic heterocycles. The quantitative estimate of drug-likeness (QED) is 0.588. The van der Waals surface area contributed by atoms with Crippen LogP contribution in [0.5, 0.6) is 5.75 Å². The SMILES string of the molecule is COc1ccc(Br)cc1S(=O)(=O)N(Cc1ccc(C)c(F)c1)[C@@H]1CCN(C#N)C1. The molecule has 1 fully saturated rings. The summed E-state index contributed by atoms with van der Waals surface area (Å²) in [5, 5.41) is 9.19. The van der Waals surface area contributed by atoms with Crippen molar-refractivity contribution in [3.63, 3.8) is 0 Å². The Hall–Kier alpha value is -2.15. The number of hydrogen-bond donors (Lipinski definition) is 0. The number of ether oxygens (including phenoxy) is 1. The van der Waals surface area contributed by atoms with Gasteiger partial charge in [0.2, 0.25) is 10.0 Å². The molecule has 0 spiro atoms. The summed E-state index contributed by atoms with van der Waals surface area (Å²) in [6.07, 6.45) is 2.58. The Bertz CT molecular complexity index is 1060. The first-order chi connectivity index (χ1) is 13.8.